The summed E-state index contributed by atoms with van der Waals surface area (Å²) in [5, 5.41) is 0. The molecule has 0 spiro atoms. The summed E-state index contributed by atoms with van der Waals surface area (Å²) in [4.78, 5) is 42.2. The smallest absolute Gasteiger partial charge is 0.332 e. The molecule has 168 valence electrons. The van der Waals surface area contributed by atoms with E-state index in [1.165, 1.54) is 9.13 Å². The molecule has 1 saturated heterocycles. The Labute approximate surface area is 185 Å². The van der Waals surface area contributed by atoms with Crippen molar-refractivity contribution in [2.24, 2.45) is 12.8 Å². The van der Waals surface area contributed by atoms with E-state index in [2.05, 4.69) is 26.7 Å². The van der Waals surface area contributed by atoms with Crippen molar-refractivity contribution >= 4 is 17.1 Å². The van der Waals surface area contributed by atoms with Crippen LogP contribution in [0.25, 0.3) is 11.2 Å². The third-order valence-electron chi connectivity index (χ3n) is 5.70. The second kappa shape index (κ2) is 8.59. The van der Waals surface area contributed by atoms with Crippen molar-refractivity contribution in [2.45, 2.75) is 52.7 Å². The maximum Gasteiger partial charge on any atom is 0.332 e. The highest BCUT2D eigenvalue weighted by Gasteiger charge is 2.26. The molecule has 3 aromatic heterocycles. The van der Waals surface area contributed by atoms with Crippen LogP contribution in [0, 0.1) is 25.7 Å². The van der Waals surface area contributed by atoms with Gasteiger partial charge in [0, 0.05) is 37.6 Å². The fourth-order valence-electron chi connectivity index (χ4n) is 4.25. The van der Waals surface area contributed by atoms with Crippen molar-refractivity contribution < 1.29 is 0 Å². The van der Waals surface area contributed by atoms with E-state index in [1.54, 1.807) is 18.5 Å². The fourth-order valence-corrected chi connectivity index (χ4v) is 4.25. The Morgan fingerprint density at radius 3 is 2.53 bits per heavy atom. The summed E-state index contributed by atoms with van der Waals surface area (Å²) in [6.45, 7) is 7.17. The molecule has 0 unspecified atom stereocenters. The SMILES string of the molecule is CC#CCn1c(N2CCC[C@@H](N)C2)nc2c1c(=O)n(Cc1nc(C)cc(C)n1)c(=O)n2C. The van der Waals surface area contributed by atoms with Gasteiger partial charge in [-0.3, -0.25) is 18.5 Å². The largest absolute Gasteiger partial charge is 0.341 e. The van der Waals surface area contributed by atoms with Crippen molar-refractivity contribution in [3.05, 3.63) is 44.1 Å². The number of nitrogens with zero attached hydrogens (tertiary/aromatic N) is 7. The van der Waals surface area contributed by atoms with Crippen LogP contribution in [0.5, 0.6) is 0 Å². The number of hydrogen-bond acceptors (Lipinski definition) is 7. The third kappa shape index (κ3) is 3.91. The van der Waals surface area contributed by atoms with Gasteiger partial charge in [-0.2, -0.15) is 4.98 Å². The Morgan fingerprint density at radius 2 is 1.88 bits per heavy atom. The molecule has 10 heteroatoms. The van der Waals surface area contributed by atoms with E-state index in [9.17, 15) is 9.59 Å². The van der Waals surface area contributed by atoms with Crippen molar-refractivity contribution in [1.82, 2.24) is 28.7 Å². The number of anilines is 1. The number of hydrogen-bond donors (Lipinski definition) is 1. The molecular formula is C22H28N8O2. The van der Waals surface area contributed by atoms with Gasteiger partial charge in [-0.1, -0.05) is 5.92 Å². The van der Waals surface area contributed by atoms with E-state index in [4.69, 9.17) is 10.7 Å². The van der Waals surface area contributed by atoms with Gasteiger partial charge < -0.3 is 10.6 Å². The van der Waals surface area contributed by atoms with Crippen LogP contribution >= 0.6 is 0 Å². The fraction of sp³-hybridized carbons (Fsp3) is 0.500. The molecule has 0 amide bonds. The van der Waals surface area contributed by atoms with Crippen LogP contribution in [-0.2, 0) is 20.1 Å². The molecule has 2 N–H and O–H groups in total. The number of aryl methyl sites for hydroxylation is 3. The molecule has 0 saturated carbocycles. The molecule has 0 radical (unpaired) electrons. The van der Waals surface area contributed by atoms with E-state index in [0.717, 1.165) is 30.8 Å². The lowest BCUT2D eigenvalue weighted by Gasteiger charge is -2.31. The van der Waals surface area contributed by atoms with E-state index in [0.29, 0.717) is 36.0 Å². The molecule has 4 rings (SSSR count). The van der Waals surface area contributed by atoms with Crippen molar-refractivity contribution in [1.29, 1.82) is 0 Å². The molecule has 4 heterocycles. The highest BCUT2D eigenvalue weighted by Crippen LogP contribution is 2.22. The second-order valence-electron chi connectivity index (χ2n) is 8.25. The number of imidazole rings is 1. The maximum atomic E-state index is 13.6. The van der Waals surface area contributed by atoms with Crippen LogP contribution in [0.2, 0.25) is 0 Å². The Morgan fingerprint density at radius 1 is 1.16 bits per heavy atom. The van der Waals surface area contributed by atoms with E-state index in [-0.39, 0.29) is 12.6 Å². The summed E-state index contributed by atoms with van der Waals surface area (Å²) in [5.74, 6) is 6.95. The summed E-state index contributed by atoms with van der Waals surface area (Å²) in [7, 11) is 1.62. The zero-order valence-corrected chi connectivity index (χ0v) is 18.9. The average Bonchev–Trinajstić information content (AvgIpc) is 3.13. The van der Waals surface area contributed by atoms with Gasteiger partial charge in [-0.05, 0) is 39.7 Å². The molecule has 10 nitrogen and oxygen atoms in total. The van der Waals surface area contributed by atoms with Crippen LogP contribution in [0.4, 0.5) is 5.95 Å². The Balaban J connectivity index is 1.93. The molecule has 1 fully saturated rings. The Kier molecular flexibility index (Phi) is 5.84. The standard InChI is InChI=1S/C22H28N8O2/c1-5-6-10-29-18-19(26-21(29)28-9-7-8-16(23)12-28)27(4)22(32)30(20(18)31)13-17-24-14(2)11-15(3)25-17/h11,16H,7-10,12-13,23H2,1-4H3/t16-/m1/s1. The van der Waals surface area contributed by atoms with Gasteiger partial charge in [0.15, 0.2) is 11.2 Å². The number of aromatic nitrogens is 6. The summed E-state index contributed by atoms with van der Waals surface area (Å²) in [5.41, 5.74) is 7.54. The van der Waals surface area contributed by atoms with E-state index in [1.807, 2.05) is 19.9 Å². The summed E-state index contributed by atoms with van der Waals surface area (Å²) >= 11 is 0. The first-order valence-electron chi connectivity index (χ1n) is 10.7. The lowest BCUT2D eigenvalue weighted by Crippen LogP contribution is -2.44. The molecular weight excluding hydrogens is 408 g/mol. The minimum atomic E-state index is -0.460. The molecule has 0 aromatic carbocycles. The predicted molar refractivity (Wildman–Crippen MR) is 123 cm³/mol. The molecule has 0 bridgehead atoms. The van der Waals surface area contributed by atoms with Gasteiger partial charge in [-0.15, -0.1) is 5.92 Å². The first-order chi connectivity index (χ1) is 15.3. The van der Waals surface area contributed by atoms with Gasteiger partial charge in [-0.25, -0.2) is 14.8 Å². The first-order valence-corrected chi connectivity index (χ1v) is 10.7. The monoisotopic (exact) mass is 436 g/mol. The molecule has 1 atom stereocenters. The molecule has 1 aliphatic heterocycles. The lowest BCUT2D eigenvalue weighted by molar-refractivity contribution is 0.496. The normalized spacial score (nSPS) is 16.3. The number of fused-ring (bicyclic) bond motifs is 1. The zero-order valence-electron chi connectivity index (χ0n) is 18.9. The topological polar surface area (TPSA) is 117 Å². The van der Waals surface area contributed by atoms with Gasteiger partial charge in [0.1, 0.15) is 5.82 Å². The van der Waals surface area contributed by atoms with Crippen LogP contribution in [0.3, 0.4) is 0 Å². The van der Waals surface area contributed by atoms with Crippen LogP contribution in [0.1, 0.15) is 37.0 Å². The van der Waals surface area contributed by atoms with Gasteiger partial charge in [0.25, 0.3) is 5.56 Å². The van der Waals surface area contributed by atoms with Crippen molar-refractivity contribution in [3.63, 3.8) is 0 Å². The van der Waals surface area contributed by atoms with Gasteiger partial charge in [0.05, 0.1) is 13.1 Å². The molecule has 1 aliphatic rings. The minimum absolute atomic E-state index is 0.0154. The van der Waals surface area contributed by atoms with Crippen molar-refractivity contribution in [3.8, 4) is 11.8 Å². The van der Waals surface area contributed by atoms with E-state index >= 15 is 0 Å². The van der Waals surface area contributed by atoms with Crippen LogP contribution in [0.15, 0.2) is 15.7 Å². The van der Waals surface area contributed by atoms with E-state index < -0.39 is 11.2 Å². The number of rotatable bonds is 4. The molecule has 3 aromatic rings. The minimum Gasteiger partial charge on any atom is -0.341 e. The lowest BCUT2D eigenvalue weighted by atomic mass is 10.1. The molecule has 0 aliphatic carbocycles. The quantitative estimate of drug-likeness (QED) is 0.585. The number of nitrogens with two attached hydrogens (primary N) is 1. The van der Waals surface area contributed by atoms with Gasteiger partial charge in [0.2, 0.25) is 5.95 Å². The van der Waals surface area contributed by atoms with Crippen LogP contribution in [-0.4, -0.2) is 47.8 Å². The van der Waals surface area contributed by atoms with Crippen molar-refractivity contribution in [2.75, 3.05) is 18.0 Å². The number of piperidine rings is 1. The predicted octanol–water partition coefficient (Wildman–Crippen LogP) is 0.303. The summed E-state index contributed by atoms with van der Waals surface area (Å²) in [6, 6.07) is 1.89. The second-order valence-corrected chi connectivity index (χ2v) is 8.25. The average molecular weight is 437 g/mol. The third-order valence-corrected chi connectivity index (χ3v) is 5.70. The Hall–Kier alpha value is -3.45. The van der Waals surface area contributed by atoms with Gasteiger partial charge >= 0.3 is 5.69 Å². The summed E-state index contributed by atoms with van der Waals surface area (Å²) < 4.78 is 4.37. The highest BCUT2D eigenvalue weighted by molar-refractivity contribution is 5.75. The maximum absolute atomic E-state index is 13.6. The summed E-state index contributed by atoms with van der Waals surface area (Å²) in [6.07, 6.45) is 1.89. The highest BCUT2D eigenvalue weighted by atomic mass is 16.2. The zero-order chi connectivity index (χ0) is 23.0. The Bertz CT molecular complexity index is 1330. The molecule has 32 heavy (non-hydrogen) atoms. The first kappa shape index (κ1) is 21.8. The van der Waals surface area contributed by atoms with Crippen LogP contribution < -0.4 is 21.9 Å².